The van der Waals surface area contributed by atoms with Gasteiger partial charge in [0.05, 0.1) is 11.6 Å². The molecule has 0 bridgehead atoms. The molecule has 1 atom stereocenters. The van der Waals surface area contributed by atoms with E-state index >= 15 is 0 Å². The van der Waals surface area contributed by atoms with Crippen LogP contribution in [0, 0.1) is 0 Å². The third kappa shape index (κ3) is 2.83. The van der Waals surface area contributed by atoms with E-state index in [1.165, 1.54) is 6.07 Å². The lowest BCUT2D eigenvalue weighted by atomic mass is 10.0. The molecule has 1 rings (SSSR count). The number of benzene rings is 1. The smallest absolute Gasteiger partial charge is 0.310 e. The molecule has 0 radical (unpaired) electrons. The first-order valence-electron chi connectivity index (χ1n) is 4.46. The van der Waals surface area contributed by atoms with E-state index in [4.69, 9.17) is 0 Å². The third-order valence-corrected chi connectivity index (χ3v) is 2.12. The Kier molecular flexibility index (Phi) is 3.52. The van der Waals surface area contributed by atoms with Gasteiger partial charge >= 0.3 is 6.18 Å². The second-order valence-corrected chi connectivity index (χ2v) is 3.13. The summed E-state index contributed by atoms with van der Waals surface area (Å²) < 4.78 is 37.2. The Bertz CT molecular complexity index is 344. The van der Waals surface area contributed by atoms with Crippen LogP contribution in [0.3, 0.4) is 0 Å². The second-order valence-electron chi connectivity index (χ2n) is 3.13. The average Bonchev–Trinajstić information content (AvgIpc) is 2.19. The molecule has 0 heterocycles. The van der Waals surface area contributed by atoms with Crippen LogP contribution >= 0.6 is 0 Å². The van der Waals surface area contributed by atoms with Crippen LogP contribution in [0.25, 0.3) is 0 Å². The van der Waals surface area contributed by atoms with Gasteiger partial charge in [0.25, 0.3) is 0 Å². The largest absolute Gasteiger partial charge is 0.416 e. The van der Waals surface area contributed by atoms with E-state index in [9.17, 15) is 13.2 Å². The van der Waals surface area contributed by atoms with Crippen molar-refractivity contribution in [3.05, 3.63) is 48.0 Å². The van der Waals surface area contributed by atoms with Crippen molar-refractivity contribution >= 4 is 0 Å². The van der Waals surface area contributed by atoms with Gasteiger partial charge in [-0.25, -0.2) is 0 Å². The van der Waals surface area contributed by atoms with Gasteiger partial charge < -0.3 is 5.32 Å². The molecule has 1 N–H and O–H groups in total. The van der Waals surface area contributed by atoms with Gasteiger partial charge in [0.1, 0.15) is 0 Å². The van der Waals surface area contributed by atoms with Crippen molar-refractivity contribution in [1.82, 2.24) is 5.32 Å². The van der Waals surface area contributed by atoms with E-state index in [1.807, 2.05) is 0 Å². The van der Waals surface area contributed by atoms with Gasteiger partial charge in [-0.15, -0.1) is 6.58 Å². The molecule has 0 saturated carbocycles. The Hall–Kier alpha value is -1.29. The standard InChI is InChI=1S/C11H12F3N/c1-3-10(15-2)8-5-4-6-9(7-8)11(12,13)14/h3-7,10,15H,1H2,2H3/t10-/m1/s1. The first-order valence-corrected chi connectivity index (χ1v) is 4.46. The molecule has 1 nitrogen and oxygen atoms in total. The van der Waals surface area contributed by atoms with Crippen molar-refractivity contribution in [3.63, 3.8) is 0 Å². The lowest BCUT2D eigenvalue weighted by Crippen LogP contribution is -2.14. The Morgan fingerprint density at radius 1 is 1.40 bits per heavy atom. The molecule has 1 aromatic carbocycles. The number of likely N-dealkylation sites (N-methyl/N-ethyl adjacent to an activating group) is 1. The highest BCUT2D eigenvalue weighted by Crippen LogP contribution is 2.30. The fraction of sp³-hybridized carbons (Fsp3) is 0.273. The van der Waals surface area contributed by atoms with E-state index in [0.717, 1.165) is 12.1 Å². The van der Waals surface area contributed by atoms with Crippen molar-refractivity contribution in [2.45, 2.75) is 12.2 Å². The van der Waals surface area contributed by atoms with Crippen LogP contribution < -0.4 is 5.32 Å². The van der Waals surface area contributed by atoms with Crippen LogP contribution in [0.2, 0.25) is 0 Å². The minimum absolute atomic E-state index is 0.257. The molecule has 0 fully saturated rings. The summed E-state index contributed by atoms with van der Waals surface area (Å²) in [6, 6.07) is 4.96. The van der Waals surface area contributed by atoms with Gasteiger partial charge in [-0.3, -0.25) is 0 Å². The van der Waals surface area contributed by atoms with Crippen molar-refractivity contribution in [1.29, 1.82) is 0 Å². The van der Waals surface area contributed by atoms with Crippen LogP contribution in [0.4, 0.5) is 13.2 Å². The van der Waals surface area contributed by atoms with Gasteiger partial charge in [0.15, 0.2) is 0 Å². The van der Waals surface area contributed by atoms with Crippen molar-refractivity contribution in [3.8, 4) is 0 Å². The van der Waals surface area contributed by atoms with E-state index in [0.29, 0.717) is 5.56 Å². The maximum atomic E-state index is 12.4. The quantitative estimate of drug-likeness (QED) is 0.764. The fourth-order valence-electron chi connectivity index (χ4n) is 1.33. The molecule has 4 heteroatoms. The minimum atomic E-state index is -4.30. The zero-order valence-electron chi connectivity index (χ0n) is 8.31. The first kappa shape index (κ1) is 11.8. The molecule has 0 aliphatic rings. The maximum absolute atomic E-state index is 12.4. The highest BCUT2D eigenvalue weighted by molar-refractivity contribution is 5.29. The fourth-order valence-corrected chi connectivity index (χ4v) is 1.33. The van der Waals surface area contributed by atoms with Crippen LogP contribution in [0.5, 0.6) is 0 Å². The first-order chi connectivity index (χ1) is 6.99. The third-order valence-electron chi connectivity index (χ3n) is 2.12. The molecule has 0 aliphatic heterocycles. The SMILES string of the molecule is C=C[C@@H](NC)c1cccc(C(F)(F)F)c1. The van der Waals surface area contributed by atoms with Gasteiger partial charge in [-0.05, 0) is 24.7 Å². The van der Waals surface area contributed by atoms with E-state index in [-0.39, 0.29) is 6.04 Å². The van der Waals surface area contributed by atoms with E-state index < -0.39 is 11.7 Å². The molecule has 0 aromatic heterocycles. The summed E-state index contributed by atoms with van der Waals surface area (Å²) in [7, 11) is 1.67. The van der Waals surface area contributed by atoms with Crippen molar-refractivity contribution < 1.29 is 13.2 Å². The summed E-state index contributed by atoms with van der Waals surface area (Å²) in [6.07, 6.45) is -2.73. The Labute approximate surface area is 86.6 Å². The van der Waals surface area contributed by atoms with Crippen molar-refractivity contribution in [2.75, 3.05) is 7.05 Å². The Morgan fingerprint density at radius 2 is 2.07 bits per heavy atom. The highest BCUT2D eigenvalue weighted by atomic mass is 19.4. The summed E-state index contributed by atoms with van der Waals surface area (Å²) in [5, 5.41) is 2.86. The number of hydrogen-bond donors (Lipinski definition) is 1. The molecular formula is C11H12F3N. The van der Waals surface area contributed by atoms with Gasteiger partial charge in [-0.2, -0.15) is 13.2 Å². The number of hydrogen-bond acceptors (Lipinski definition) is 1. The van der Waals surface area contributed by atoms with Crippen molar-refractivity contribution in [2.24, 2.45) is 0 Å². The normalized spacial score (nSPS) is 13.6. The van der Waals surface area contributed by atoms with Gasteiger partial charge in [-0.1, -0.05) is 18.2 Å². The summed E-state index contributed by atoms with van der Waals surface area (Å²) in [6.45, 7) is 3.56. The maximum Gasteiger partial charge on any atom is 0.416 e. The monoisotopic (exact) mass is 215 g/mol. The average molecular weight is 215 g/mol. The molecule has 0 unspecified atom stereocenters. The topological polar surface area (TPSA) is 12.0 Å². The lowest BCUT2D eigenvalue weighted by molar-refractivity contribution is -0.137. The minimum Gasteiger partial charge on any atom is -0.310 e. The number of rotatable bonds is 3. The molecule has 0 amide bonds. The second kappa shape index (κ2) is 4.49. The van der Waals surface area contributed by atoms with Crippen LogP contribution in [-0.2, 0) is 6.18 Å². The molecule has 0 spiro atoms. The number of halogens is 3. The van der Waals surface area contributed by atoms with E-state index in [2.05, 4.69) is 11.9 Å². The van der Waals surface area contributed by atoms with E-state index in [1.54, 1.807) is 19.2 Å². The van der Waals surface area contributed by atoms with Crippen LogP contribution in [0.1, 0.15) is 17.2 Å². The molecular weight excluding hydrogens is 203 g/mol. The lowest BCUT2D eigenvalue weighted by Gasteiger charge is -2.14. The number of alkyl halides is 3. The summed E-state index contributed by atoms with van der Waals surface area (Å²) >= 11 is 0. The Morgan fingerprint density at radius 3 is 2.53 bits per heavy atom. The van der Waals surface area contributed by atoms with Crippen LogP contribution in [0.15, 0.2) is 36.9 Å². The summed E-state index contributed by atoms with van der Waals surface area (Å²) in [5.74, 6) is 0. The highest BCUT2D eigenvalue weighted by Gasteiger charge is 2.30. The van der Waals surface area contributed by atoms with Gasteiger partial charge in [0, 0.05) is 0 Å². The zero-order valence-corrected chi connectivity index (χ0v) is 8.31. The molecule has 1 aromatic rings. The molecule has 0 saturated heterocycles. The summed E-state index contributed by atoms with van der Waals surface area (Å²) in [5.41, 5.74) is -0.0792. The molecule has 0 aliphatic carbocycles. The molecule has 15 heavy (non-hydrogen) atoms. The predicted octanol–water partition coefficient (Wildman–Crippen LogP) is 3.15. The number of nitrogens with one attached hydrogen (secondary N) is 1. The Balaban J connectivity index is 3.07. The van der Waals surface area contributed by atoms with Gasteiger partial charge in [0.2, 0.25) is 0 Å². The summed E-state index contributed by atoms with van der Waals surface area (Å²) in [4.78, 5) is 0. The zero-order chi connectivity index (χ0) is 11.5. The predicted molar refractivity (Wildman–Crippen MR) is 53.4 cm³/mol. The van der Waals surface area contributed by atoms with Crippen LogP contribution in [-0.4, -0.2) is 7.05 Å². The molecule has 82 valence electrons.